The number of aliphatic hydroxyl groups excluding tert-OH is 1. The van der Waals surface area contributed by atoms with Gasteiger partial charge in [0, 0.05) is 25.6 Å². The van der Waals surface area contributed by atoms with Crippen molar-refractivity contribution < 1.29 is 24.2 Å². The van der Waals surface area contributed by atoms with Crippen molar-refractivity contribution in [1.82, 2.24) is 0 Å². The number of anilines is 1. The summed E-state index contributed by atoms with van der Waals surface area (Å²) in [5.41, 5.74) is 1.09. The van der Waals surface area contributed by atoms with E-state index in [1.807, 2.05) is 0 Å². The number of carbonyl (C=O) groups excluding carboxylic acids is 2. The fourth-order valence-electron chi connectivity index (χ4n) is 4.01. The minimum absolute atomic E-state index is 0.00867. The van der Waals surface area contributed by atoms with Crippen LogP contribution in [0.4, 0.5) is 5.69 Å². The summed E-state index contributed by atoms with van der Waals surface area (Å²) in [5, 5.41) is 21.9. The maximum Gasteiger partial charge on any atom is 0.294 e. The van der Waals surface area contributed by atoms with E-state index in [-0.39, 0.29) is 27.1 Å². The molecule has 1 amide bonds. The Hall–Kier alpha value is -3.26. The molecule has 5 rings (SSSR count). The zero-order valence-corrected chi connectivity index (χ0v) is 20.2. The number of furan rings is 1. The number of fused-ring (bicyclic) bond motifs is 1. The number of Topliss-reactive ketones (excluding diaryl/α,β-unsaturated/α-hetero) is 1. The highest BCUT2D eigenvalue weighted by Gasteiger charge is 2.45. The van der Waals surface area contributed by atoms with Gasteiger partial charge in [-0.1, -0.05) is 51.3 Å². The molecule has 2 N–H and O–H groups in total. The van der Waals surface area contributed by atoms with E-state index in [2.05, 4.69) is 15.9 Å². The minimum atomic E-state index is -1.02. The lowest BCUT2D eigenvalue weighted by Gasteiger charge is -2.27. The number of phenolic OH excluding ortho intramolecular Hbond substituents is 1. The molecule has 9 heteroatoms. The van der Waals surface area contributed by atoms with Crippen molar-refractivity contribution in [3.8, 4) is 5.75 Å². The Bertz CT molecular complexity index is 1490. The standard InChI is InChI=1S/C25H14BrCl2NO5/c26-14-3-6-19-13(7-14)8-20(34-19)23(31)21-22(12-1-4-18(30)5-2-12)29(25(33)24(21)32)17-10-15(27)9-16(28)11-17/h1-11,22,30,32H. The predicted molar refractivity (Wildman–Crippen MR) is 133 cm³/mol. The summed E-state index contributed by atoms with van der Waals surface area (Å²) >= 11 is 15.7. The van der Waals surface area contributed by atoms with Gasteiger partial charge in [-0.15, -0.1) is 0 Å². The normalized spacial score (nSPS) is 16.0. The van der Waals surface area contributed by atoms with Gasteiger partial charge in [-0.05, 0) is 60.2 Å². The predicted octanol–water partition coefficient (Wildman–Crippen LogP) is 6.99. The van der Waals surface area contributed by atoms with Gasteiger partial charge in [0.1, 0.15) is 11.3 Å². The van der Waals surface area contributed by atoms with Crippen molar-refractivity contribution in [2.75, 3.05) is 4.90 Å². The van der Waals surface area contributed by atoms with Gasteiger partial charge in [-0.2, -0.15) is 0 Å². The summed E-state index contributed by atoms with van der Waals surface area (Å²) < 4.78 is 6.54. The number of halogens is 3. The van der Waals surface area contributed by atoms with Crippen LogP contribution in [0, 0.1) is 0 Å². The van der Waals surface area contributed by atoms with Crippen molar-refractivity contribution in [2.45, 2.75) is 6.04 Å². The second-order valence-corrected chi connectivity index (χ2v) is 9.47. The van der Waals surface area contributed by atoms with Crippen LogP contribution in [0.2, 0.25) is 10.0 Å². The van der Waals surface area contributed by atoms with Gasteiger partial charge in [0.25, 0.3) is 5.91 Å². The third-order valence-corrected chi connectivity index (χ3v) is 6.42. The van der Waals surface area contributed by atoms with E-state index in [9.17, 15) is 19.8 Å². The summed E-state index contributed by atoms with van der Waals surface area (Å²) in [6.45, 7) is 0. The van der Waals surface area contributed by atoms with Crippen LogP contribution in [0.3, 0.4) is 0 Å². The lowest BCUT2D eigenvalue weighted by Crippen LogP contribution is -2.31. The Kier molecular flexibility index (Phi) is 5.64. The Morgan fingerprint density at radius 2 is 1.62 bits per heavy atom. The molecule has 6 nitrogen and oxygen atoms in total. The van der Waals surface area contributed by atoms with E-state index < -0.39 is 23.5 Å². The van der Waals surface area contributed by atoms with E-state index in [1.165, 1.54) is 35.2 Å². The molecular formula is C25H14BrCl2NO5. The smallest absolute Gasteiger partial charge is 0.294 e. The minimum Gasteiger partial charge on any atom is -0.508 e. The third-order valence-electron chi connectivity index (χ3n) is 5.49. The van der Waals surface area contributed by atoms with Crippen LogP contribution < -0.4 is 4.90 Å². The number of hydrogen-bond acceptors (Lipinski definition) is 5. The van der Waals surface area contributed by atoms with Crippen LogP contribution in [0.15, 0.2) is 87.0 Å². The number of ketones is 1. The molecule has 1 unspecified atom stereocenters. The van der Waals surface area contributed by atoms with E-state index in [0.29, 0.717) is 22.2 Å². The number of amides is 1. The number of hydrogen-bond donors (Lipinski definition) is 2. The fourth-order valence-corrected chi connectivity index (χ4v) is 4.91. The molecule has 0 saturated heterocycles. The lowest BCUT2D eigenvalue weighted by molar-refractivity contribution is -0.117. The first-order valence-electron chi connectivity index (χ1n) is 9.98. The molecule has 0 bridgehead atoms. The van der Waals surface area contributed by atoms with E-state index in [4.69, 9.17) is 27.6 Å². The highest BCUT2D eigenvalue weighted by atomic mass is 79.9. The molecule has 0 saturated carbocycles. The Morgan fingerprint density at radius 1 is 0.941 bits per heavy atom. The van der Waals surface area contributed by atoms with E-state index in [0.717, 1.165) is 4.47 Å². The first kappa shape index (κ1) is 22.5. The van der Waals surface area contributed by atoms with E-state index >= 15 is 0 Å². The molecule has 0 spiro atoms. The van der Waals surface area contributed by atoms with Crippen molar-refractivity contribution in [3.63, 3.8) is 0 Å². The molecular weight excluding hydrogens is 545 g/mol. The highest BCUT2D eigenvalue weighted by molar-refractivity contribution is 9.10. The average molecular weight is 559 g/mol. The quantitative estimate of drug-likeness (QED) is 0.263. The van der Waals surface area contributed by atoms with Gasteiger partial charge in [-0.25, -0.2) is 0 Å². The van der Waals surface area contributed by atoms with Gasteiger partial charge in [0.15, 0.2) is 11.5 Å². The summed E-state index contributed by atoms with van der Waals surface area (Å²) in [7, 11) is 0. The van der Waals surface area contributed by atoms with Gasteiger partial charge in [-0.3, -0.25) is 14.5 Å². The molecule has 1 aliphatic heterocycles. The summed E-state index contributed by atoms with van der Waals surface area (Å²) in [6.07, 6.45) is 0. The number of aliphatic hydroxyl groups is 1. The maximum atomic E-state index is 13.6. The van der Waals surface area contributed by atoms with Crippen molar-refractivity contribution >= 4 is 67.5 Å². The number of nitrogens with zero attached hydrogens (tertiary/aromatic N) is 1. The SMILES string of the molecule is O=C(C1=C(O)C(=O)N(c2cc(Cl)cc(Cl)c2)C1c1ccc(O)cc1)c1cc2cc(Br)ccc2o1. The average Bonchev–Trinajstić information content (AvgIpc) is 3.32. The molecule has 3 aromatic carbocycles. The van der Waals surface area contributed by atoms with Gasteiger partial charge in [0.2, 0.25) is 5.78 Å². The summed E-state index contributed by atoms with van der Waals surface area (Å²) in [5.74, 6) is -2.17. The Morgan fingerprint density at radius 3 is 2.29 bits per heavy atom. The van der Waals surface area contributed by atoms with Crippen LogP contribution in [0.5, 0.6) is 5.75 Å². The van der Waals surface area contributed by atoms with Crippen LogP contribution in [0.1, 0.15) is 22.2 Å². The molecule has 1 atom stereocenters. The second kappa shape index (κ2) is 8.51. The molecule has 0 aliphatic carbocycles. The summed E-state index contributed by atoms with van der Waals surface area (Å²) in [6, 6.07) is 16.3. The molecule has 0 fully saturated rings. The monoisotopic (exact) mass is 557 g/mol. The lowest BCUT2D eigenvalue weighted by atomic mass is 9.94. The molecule has 1 aliphatic rings. The molecule has 2 heterocycles. The van der Waals surface area contributed by atoms with Gasteiger partial charge >= 0.3 is 0 Å². The van der Waals surface area contributed by atoms with Crippen LogP contribution in [-0.4, -0.2) is 21.9 Å². The first-order valence-corrected chi connectivity index (χ1v) is 11.5. The number of aromatic hydroxyl groups is 1. The molecule has 4 aromatic rings. The molecule has 0 radical (unpaired) electrons. The first-order chi connectivity index (χ1) is 16.2. The second-order valence-electron chi connectivity index (χ2n) is 7.68. The van der Waals surface area contributed by atoms with E-state index in [1.54, 1.807) is 36.4 Å². The zero-order valence-electron chi connectivity index (χ0n) is 17.1. The van der Waals surface area contributed by atoms with Crippen molar-refractivity contribution in [2.24, 2.45) is 0 Å². The number of benzene rings is 3. The Labute approximate surface area is 211 Å². The molecule has 170 valence electrons. The fraction of sp³-hybridized carbons (Fsp3) is 0.0400. The van der Waals surface area contributed by atoms with Crippen LogP contribution >= 0.6 is 39.1 Å². The van der Waals surface area contributed by atoms with Crippen LogP contribution in [-0.2, 0) is 4.79 Å². The zero-order chi connectivity index (χ0) is 24.1. The molecule has 34 heavy (non-hydrogen) atoms. The number of carbonyl (C=O) groups is 2. The number of phenols is 1. The largest absolute Gasteiger partial charge is 0.508 e. The van der Waals surface area contributed by atoms with Crippen LogP contribution in [0.25, 0.3) is 11.0 Å². The summed E-state index contributed by atoms with van der Waals surface area (Å²) in [4.78, 5) is 28.1. The highest BCUT2D eigenvalue weighted by Crippen LogP contribution is 2.43. The Balaban J connectivity index is 1.67. The third kappa shape index (κ3) is 3.86. The molecule has 1 aromatic heterocycles. The van der Waals surface area contributed by atoms with Gasteiger partial charge in [0.05, 0.1) is 11.6 Å². The topological polar surface area (TPSA) is 91.0 Å². The maximum absolute atomic E-state index is 13.6. The van der Waals surface area contributed by atoms with Gasteiger partial charge < -0.3 is 14.6 Å². The van der Waals surface area contributed by atoms with Crippen molar-refractivity contribution in [3.05, 3.63) is 104 Å². The van der Waals surface area contributed by atoms with Crippen molar-refractivity contribution in [1.29, 1.82) is 0 Å². The number of rotatable bonds is 4.